The fraction of sp³-hybridized carbons (Fsp3) is 0.500. The number of hydrogen-bond acceptors (Lipinski definition) is 1. The van der Waals surface area contributed by atoms with Gasteiger partial charge in [0.05, 0.1) is 0 Å². The maximum absolute atomic E-state index is 3.27. The molecule has 1 saturated heterocycles. The van der Waals surface area contributed by atoms with Crippen molar-refractivity contribution < 1.29 is 0 Å². The van der Waals surface area contributed by atoms with Gasteiger partial charge in [-0.15, -0.1) is 0 Å². The molecule has 2 heteroatoms. The van der Waals surface area contributed by atoms with Crippen LogP contribution in [0.3, 0.4) is 0 Å². The van der Waals surface area contributed by atoms with Gasteiger partial charge in [-0.05, 0) is 62.4 Å². The lowest BCUT2D eigenvalue weighted by atomic mass is 9.93. The van der Waals surface area contributed by atoms with Gasteiger partial charge in [0.2, 0.25) is 0 Å². The molecular weight excluding hydrogens is 220 g/mol. The largest absolute Gasteiger partial charge is 0.361 e. The van der Waals surface area contributed by atoms with Crippen LogP contribution in [0.2, 0.25) is 0 Å². The van der Waals surface area contributed by atoms with Crippen molar-refractivity contribution in [3.63, 3.8) is 0 Å². The average Bonchev–Trinajstić information content (AvgIpc) is 2.85. The molecular formula is C16H22N2. The van der Waals surface area contributed by atoms with Gasteiger partial charge >= 0.3 is 0 Å². The summed E-state index contributed by atoms with van der Waals surface area (Å²) in [6, 6.07) is 10.3. The smallest absolute Gasteiger partial charge is 0.0454 e. The first-order chi connectivity index (χ1) is 8.75. The van der Waals surface area contributed by atoms with Crippen molar-refractivity contribution in [2.45, 2.75) is 45.2 Å². The minimum absolute atomic E-state index is 0.609. The van der Waals surface area contributed by atoms with Crippen LogP contribution in [0, 0.1) is 0 Å². The monoisotopic (exact) mass is 242 g/mol. The number of hydrogen-bond donors (Lipinski definition) is 1. The molecule has 1 aliphatic rings. The highest BCUT2D eigenvalue weighted by molar-refractivity contribution is 5.80. The topological polar surface area (TPSA) is 19.0 Å². The first-order valence-corrected chi connectivity index (χ1v) is 7.08. The first kappa shape index (κ1) is 11.8. The summed E-state index contributed by atoms with van der Waals surface area (Å²) in [7, 11) is 0. The molecule has 3 rings (SSSR count). The SMILES string of the molecule is CC(C)N1CCCC[C@H]1c1ccc2[nH]ccc2c1. The third-order valence-electron chi connectivity index (χ3n) is 4.17. The van der Waals surface area contributed by atoms with Crippen molar-refractivity contribution >= 4 is 10.9 Å². The Morgan fingerprint density at radius 2 is 2.11 bits per heavy atom. The van der Waals surface area contributed by atoms with Crippen molar-refractivity contribution in [2.75, 3.05) is 6.54 Å². The molecule has 0 aliphatic carbocycles. The number of rotatable bonds is 2. The summed E-state index contributed by atoms with van der Waals surface area (Å²) in [4.78, 5) is 5.92. The molecule has 2 heterocycles. The molecule has 0 bridgehead atoms. The number of fused-ring (bicyclic) bond motifs is 1. The highest BCUT2D eigenvalue weighted by Crippen LogP contribution is 2.33. The van der Waals surface area contributed by atoms with Gasteiger partial charge in [0.15, 0.2) is 0 Å². The van der Waals surface area contributed by atoms with Crippen LogP contribution in [0.25, 0.3) is 10.9 Å². The molecule has 0 amide bonds. The van der Waals surface area contributed by atoms with Crippen molar-refractivity contribution in [1.29, 1.82) is 0 Å². The van der Waals surface area contributed by atoms with Crippen molar-refractivity contribution in [3.8, 4) is 0 Å². The van der Waals surface area contributed by atoms with Gasteiger partial charge in [0.25, 0.3) is 0 Å². The van der Waals surface area contributed by atoms with Gasteiger partial charge in [-0.25, -0.2) is 0 Å². The summed E-state index contributed by atoms with van der Waals surface area (Å²) in [5.74, 6) is 0. The summed E-state index contributed by atoms with van der Waals surface area (Å²) in [6.45, 7) is 5.87. The van der Waals surface area contributed by atoms with Crippen LogP contribution >= 0.6 is 0 Å². The fourth-order valence-corrected chi connectivity index (χ4v) is 3.21. The summed E-state index contributed by atoms with van der Waals surface area (Å²) in [6.07, 6.45) is 6.03. The Bertz CT molecular complexity index is 527. The van der Waals surface area contributed by atoms with Gasteiger partial charge in [-0.2, -0.15) is 0 Å². The molecule has 0 radical (unpaired) electrons. The summed E-state index contributed by atoms with van der Waals surface area (Å²) >= 11 is 0. The van der Waals surface area contributed by atoms with E-state index < -0.39 is 0 Å². The summed E-state index contributed by atoms with van der Waals surface area (Å²) < 4.78 is 0. The Balaban J connectivity index is 1.95. The van der Waals surface area contributed by atoms with E-state index in [0.29, 0.717) is 12.1 Å². The molecule has 18 heavy (non-hydrogen) atoms. The van der Waals surface area contributed by atoms with Crippen molar-refractivity contribution in [3.05, 3.63) is 36.0 Å². The number of H-pyrrole nitrogens is 1. The van der Waals surface area contributed by atoms with E-state index in [2.05, 4.69) is 48.0 Å². The molecule has 1 fully saturated rings. The number of nitrogens with one attached hydrogen (secondary N) is 1. The molecule has 1 aromatic heterocycles. The molecule has 0 spiro atoms. The molecule has 2 aromatic rings. The van der Waals surface area contributed by atoms with Gasteiger partial charge in [0, 0.05) is 23.8 Å². The Hall–Kier alpha value is -1.28. The third kappa shape index (κ3) is 2.05. The van der Waals surface area contributed by atoms with E-state index in [4.69, 9.17) is 0 Å². The predicted octanol–water partition coefficient (Wildman–Crippen LogP) is 4.10. The highest BCUT2D eigenvalue weighted by atomic mass is 15.2. The maximum atomic E-state index is 3.27. The molecule has 1 aliphatic heterocycles. The van der Waals surface area contributed by atoms with Crippen LogP contribution < -0.4 is 0 Å². The van der Waals surface area contributed by atoms with E-state index in [-0.39, 0.29) is 0 Å². The second kappa shape index (κ2) is 4.77. The molecule has 0 unspecified atom stereocenters. The van der Waals surface area contributed by atoms with Crippen LogP contribution in [-0.2, 0) is 0 Å². The molecule has 1 N–H and O–H groups in total. The number of likely N-dealkylation sites (tertiary alicyclic amines) is 1. The number of aromatic amines is 1. The normalized spacial score (nSPS) is 21.8. The quantitative estimate of drug-likeness (QED) is 0.840. The predicted molar refractivity (Wildman–Crippen MR) is 76.7 cm³/mol. The Kier molecular flexibility index (Phi) is 3.13. The number of benzene rings is 1. The van der Waals surface area contributed by atoms with Gasteiger partial charge in [0.1, 0.15) is 0 Å². The zero-order valence-electron chi connectivity index (χ0n) is 11.3. The second-order valence-electron chi connectivity index (χ2n) is 5.67. The zero-order valence-corrected chi connectivity index (χ0v) is 11.3. The average molecular weight is 242 g/mol. The second-order valence-corrected chi connectivity index (χ2v) is 5.67. The van der Waals surface area contributed by atoms with Crippen LogP contribution in [0.5, 0.6) is 0 Å². The standard InChI is InChI=1S/C16H22N2/c1-12(2)18-10-4-3-5-16(18)14-6-7-15-13(11-14)8-9-17-15/h6-9,11-12,16-17H,3-5,10H2,1-2H3/t16-/m0/s1. The molecule has 0 saturated carbocycles. The lowest BCUT2D eigenvalue weighted by Crippen LogP contribution is -2.38. The van der Waals surface area contributed by atoms with Gasteiger partial charge in [-0.3, -0.25) is 4.90 Å². The summed E-state index contributed by atoms with van der Waals surface area (Å²) in [5.41, 5.74) is 2.72. The van der Waals surface area contributed by atoms with E-state index in [0.717, 1.165) is 0 Å². The van der Waals surface area contributed by atoms with Crippen molar-refractivity contribution in [1.82, 2.24) is 9.88 Å². The van der Waals surface area contributed by atoms with Crippen LogP contribution in [0.4, 0.5) is 0 Å². The fourth-order valence-electron chi connectivity index (χ4n) is 3.21. The zero-order chi connectivity index (χ0) is 12.5. The molecule has 96 valence electrons. The van der Waals surface area contributed by atoms with E-state index in [1.807, 2.05) is 6.20 Å². The summed E-state index contributed by atoms with van der Waals surface area (Å²) in [5, 5.41) is 1.33. The lowest BCUT2D eigenvalue weighted by molar-refractivity contribution is 0.112. The van der Waals surface area contributed by atoms with Crippen molar-refractivity contribution in [2.24, 2.45) is 0 Å². The van der Waals surface area contributed by atoms with E-state index in [9.17, 15) is 0 Å². The molecule has 1 atom stereocenters. The Morgan fingerprint density at radius 1 is 1.22 bits per heavy atom. The minimum Gasteiger partial charge on any atom is -0.361 e. The third-order valence-corrected chi connectivity index (χ3v) is 4.17. The van der Waals surface area contributed by atoms with E-state index >= 15 is 0 Å². The first-order valence-electron chi connectivity index (χ1n) is 7.08. The van der Waals surface area contributed by atoms with Crippen LogP contribution in [-0.4, -0.2) is 22.5 Å². The number of nitrogens with zero attached hydrogens (tertiary/aromatic N) is 1. The molecule has 1 aromatic carbocycles. The Morgan fingerprint density at radius 3 is 2.94 bits per heavy atom. The van der Waals surface area contributed by atoms with E-state index in [1.54, 1.807) is 0 Å². The number of aromatic nitrogens is 1. The highest BCUT2D eigenvalue weighted by Gasteiger charge is 2.25. The van der Waals surface area contributed by atoms with Crippen LogP contribution in [0.1, 0.15) is 44.7 Å². The lowest BCUT2D eigenvalue weighted by Gasteiger charge is -2.39. The van der Waals surface area contributed by atoms with Crippen LogP contribution in [0.15, 0.2) is 30.5 Å². The Labute approximate surface area is 109 Å². The van der Waals surface area contributed by atoms with Gasteiger partial charge < -0.3 is 4.98 Å². The van der Waals surface area contributed by atoms with Gasteiger partial charge in [-0.1, -0.05) is 12.5 Å². The molecule has 2 nitrogen and oxygen atoms in total. The number of piperidine rings is 1. The van der Waals surface area contributed by atoms with E-state index in [1.165, 1.54) is 42.3 Å². The maximum Gasteiger partial charge on any atom is 0.0454 e. The minimum atomic E-state index is 0.609.